The molecule has 20 heavy (non-hydrogen) atoms. The predicted octanol–water partition coefficient (Wildman–Crippen LogP) is 2.68. The van der Waals surface area contributed by atoms with E-state index in [1.165, 1.54) is 19.1 Å². The lowest BCUT2D eigenvalue weighted by Crippen LogP contribution is -2.37. The molecule has 0 aliphatic heterocycles. The zero-order chi connectivity index (χ0) is 15.3. The van der Waals surface area contributed by atoms with Crippen LogP contribution in [0.5, 0.6) is 0 Å². The normalized spacial score (nSPS) is 12.8. The number of benzene rings is 1. The standard InChI is InChI=1S/C13H12F4O3/c1-2-20-12(19)10(11(18)13(15,16)17)7-8-3-5-9(14)6-4-8/h3-6,10H,2,7H2,1H3. The maximum atomic E-state index is 12.7. The first-order valence-corrected chi connectivity index (χ1v) is 5.77. The Hall–Kier alpha value is -1.92. The van der Waals surface area contributed by atoms with Gasteiger partial charge in [0, 0.05) is 0 Å². The number of ether oxygens (including phenoxy) is 1. The molecular formula is C13H12F4O3. The summed E-state index contributed by atoms with van der Waals surface area (Å²) in [5.41, 5.74) is 0.238. The molecule has 110 valence electrons. The van der Waals surface area contributed by atoms with E-state index in [4.69, 9.17) is 0 Å². The van der Waals surface area contributed by atoms with Gasteiger partial charge in [-0.25, -0.2) is 4.39 Å². The van der Waals surface area contributed by atoms with Crippen LogP contribution in [-0.4, -0.2) is 24.5 Å². The van der Waals surface area contributed by atoms with Crippen LogP contribution in [0.15, 0.2) is 24.3 Å². The molecule has 0 bridgehead atoms. The summed E-state index contributed by atoms with van der Waals surface area (Å²) in [5.74, 6) is -5.94. The van der Waals surface area contributed by atoms with E-state index in [2.05, 4.69) is 4.74 Å². The van der Waals surface area contributed by atoms with Gasteiger partial charge >= 0.3 is 12.1 Å². The predicted molar refractivity (Wildman–Crippen MR) is 61.3 cm³/mol. The summed E-state index contributed by atoms with van der Waals surface area (Å²) in [6.07, 6.45) is -5.62. The summed E-state index contributed by atoms with van der Waals surface area (Å²) < 4.78 is 54.5. The molecule has 0 N–H and O–H groups in total. The molecule has 0 saturated heterocycles. The van der Waals surface area contributed by atoms with Gasteiger partial charge in [0.2, 0.25) is 0 Å². The van der Waals surface area contributed by atoms with Crippen LogP contribution < -0.4 is 0 Å². The average molecular weight is 292 g/mol. The Kier molecular flexibility index (Phi) is 5.24. The Morgan fingerprint density at radius 2 is 1.75 bits per heavy atom. The highest BCUT2D eigenvalue weighted by atomic mass is 19.4. The molecule has 1 unspecified atom stereocenters. The van der Waals surface area contributed by atoms with Gasteiger partial charge in [0.15, 0.2) is 0 Å². The average Bonchev–Trinajstić information content (AvgIpc) is 2.36. The van der Waals surface area contributed by atoms with Crippen molar-refractivity contribution in [2.24, 2.45) is 5.92 Å². The molecular weight excluding hydrogens is 280 g/mol. The molecule has 7 heteroatoms. The second-order valence-corrected chi connectivity index (χ2v) is 4.00. The van der Waals surface area contributed by atoms with Crippen LogP contribution in [0.3, 0.4) is 0 Å². The first-order chi connectivity index (χ1) is 9.25. The Bertz CT molecular complexity index is 479. The number of carbonyl (C=O) groups is 2. The molecule has 0 amide bonds. The summed E-state index contributed by atoms with van der Waals surface area (Å²) in [4.78, 5) is 22.7. The van der Waals surface area contributed by atoms with Crippen molar-refractivity contribution in [3.63, 3.8) is 0 Å². The van der Waals surface area contributed by atoms with E-state index in [1.54, 1.807) is 0 Å². The Labute approximate surface area is 112 Å². The van der Waals surface area contributed by atoms with Gasteiger partial charge in [0.05, 0.1) is 6.61 Å². The first kappa shape index (κ1) is 16.1. The quantitative estimate of drug-likeness (QED) is 0.476. The lowest BCUT2D eigenvalue weighted by molar-refractivity contribution is -0.180. The number of carbonyl (C=O) groups excluding carboxylic acids is 2. The summed E-state index contributed by atoms with van der Waals surface area (Å²) in [5, 5.41) is 0. The monoisotopic (exact) mass is 292 g/mol. The van der Waals surface area contributed by atoms with Crippen molar-refractivity contribution in [1.29, 1.82) is 0 Å². The number of esters is 1. The maximum Gasteiger partial charge on any atom is 0.450 e. The molecule has 0 fully saturated rings. The van der Waals surface area contributed by atoms with E-state index in [-0.39, 0.29) is 12.2 Å². The minimum absolute atomic E-state index is 0.135. The largest absolute Gasteiger partial charge is 0.465 e. The molecule has 0 aliphatic rings. The number of halogens is 4. The highest BCUT2D eigenvalue weighted by molar-refractivity contribution is 6.02. The third-order valence-corrected chi connectivity index (χ3v) is 2.52. The van der Waals surface area contributed by atoms with Crippen LogP contribution in [0.4, 0.5) is 17.6 Å². The van der Waals surface area contributed by atoms with E-state index in [0.29, 0.717) is 0 Å². The summed E-state index contributed by atoms with van der Waals surface area (Å²) in [6, 6.07) is 4.50. The maximum absolute atomic E-state index is 12.7. The lowest BCUT2D eigenvalue weighted by Gasteiger charge is -2.16. The zero-order valence-corrected chi connectivity index (χ0v) is 10.5. The Morgan fingerprint density at radius 1 is 1.20 bits per heavy atom. The number of hydrogen-bond donors (Lipinski definition) is 0. The number of hydrogen-bond acceptors (Lipinski definition) is 3. The third-order valence-electron chi connectivity index (χ3n) is 2.52. The first-order valence-electron chi connectivity index (χ1n) is 5.77. The van der Waals surface area contributed by atoms with E-state index in [1.807, 2.05) is 0 Å². The van der Waals surface area contributed by atoms with E-state index in [0.717, 1.165) is 12.1 Å². The SMILES string of the molecule is CCOC(=O)C(Cc1ccc(F)cc1)C(=O)C(F)(F)F. The fourth-order valence-corrected chi connectivity index (χ4v) is 1.58. The van der Waals surface area contributed by atoms with Gasteiger partial charge < -0.3 is 4.74 Å². The van der Waals surface area contributed by atoms with E-state index in [9.17, 15) is 27.2 Å². The van der Waals surface area contributed by atoms with Crippen molar-refractivity contribution in [2.45, 2.75) is 19.5 Å². The highest BCUT2D eigenvalue weighted by Gasteiger charge is 2.46. The number of rotatable bonds is 5. The molecule has 3 nitrogen and oxygen atoms in total. The molecule has 0 saturated carbocycles. The minimum Gasteiger partial charge on any atom is -0.465 e. The number of alkyl halides is 3. The summed E-state index contributed by atoms with van der Waals surface area (Å²) in [6.45, 7) is 1.29. The second kappa shape index (κ2) is 6.49. The van der Waals surface area contributed by atoms with Gasteiger partial charge in [0.1, 0.15) is 11.7 Å². The van der Waals surface area contributed by atoms with Gasteiger partial charge in [-0.05, 0) is 31.0 Å². The van der Waals surface area contributed by atoms with Gasteiger partial charge in [-0.1, -0.05) is 12.1 Å². The van der Waals surface area contributed by atoms with Crippen LogP contribution in [0.2, 0.25) is 0 Å². The molecule has 1 aromatic rings. The summed E-state index contributed by atoms with van der Waals surface area (Å²) in [7, 11) is 0. The van der Waals surface area contributed by atoms with Gasteiger partial charge in [-0.3, -0.25) is 9.59 Å². The molecule has 0 aromatic heterocycles. The summed E-state index contributed by atoms with van der Waals surface area (Å²) >= 11 is 0. The van der Waals surface area contributed by atoms with Gasteiger partial charge in [-0.15, -0.1) is 0 Å². The zero-order valence-electron chi connectivity index (χ0n) is 10.5. The van der Waals surface area contributed by atoms with E-state index >= 15 is 0 Å². The molecule has 1 atom stereocenters. The van der Waals surface area contributed by atoms with Crippen molar-refractivity contribution >= 4 is 11.8 Å². The van der Waals surface area contributed by atoms with Crippen LogP contribution in [0, 0.1) is 11.7 Å². The van der Waals surface area contributed by atoms with Crippen molar-refractivity contribution in [2.75, 3.05) is 6.61 Å². The van der Waals surface area contributed by atoms with Crippen LogP contribution in [0.25, 0.3) is 0 Å². The molecule has 1 aromatic carbocycles. The van der Waals surface area contributed by atoms with Crippen LogP contribution in [-0.2, 0) is 20.7 Å². The lowest BCUT2D eigenvalue weighted by atomic mass is 9.95. The number of Topliss-reactive ketones (excluding diaryl/α,β-unsaturated/α-hetero) is 1. The second-order valence-electron chi connectivity index (χ2n) is 4.00. The molecule has 0 spiro atoms. The third kappa shape index (κ3) is 4.32. The molecule has 0 radical (unpaired) electrons. The Balaban J connectivity index is 2.96. The Morgan fingerprint density at radius 3 is 2.20 bits per heavy atom. The van der Waals surface area contributed by atoms with Gasteiger partial charge in [0.25, 0.3) is 5.78 Å². The molecule has 0 aliphatic carbocycles. The van der Waals surface area contributed by atoms with Crippen LogP contribution >= 0.6 is 0 Å². The molecule has 1 rings (SSSR count). The topological polar surface area (TPSA) is 43.4 Å². The fraction of sp³-hybridized carbons (Fsp3) is 0.385. The highest BCUT2D eigenvalue weighted by Crippen LogP contribution is 2.24. The smallest absolute Gasteiger partial charge is 0.450 e. The van der Waals surface area contributed by atoms with Crippen molar-refractivity contribution in [3.05, 3.63) is 35.6 Å². The van der Waals surface area contributed by atoms with Gasteiger partial charge in [-0.2, -0.15) is 13.2 Å². The van der Waals surface area contributed by atoms with Crippen molar-refractivity contribution in [1.82, 2.24) is 0 Å². The van der Waals surface area contributed by atoms with Crippen LogP contribution in [0.1, 0.15) is 12.5 Å². The minimum atomic E-state index is -5.13. The van der Waals surface area contributed by atoms with Crippen molar-refractivity contribution in [3.8, 4) is 0 Å². The fourth-order valence-electron chi connectivity index (χ4n) is 1.58. The number of ketones is 1. The van der Waals surface area contributed by atoms with Crippen molar-refractivity contribution < 1.29 is 31.9 Å². The molecule has 0 heterocycles. The van der Waals surface area contributed by atoms with E-state index < -0.39 is 36.1 Å².